The van der Waals surface area contributed by atoms with E-state index in [1.165, 1.54) is 16.4 Å². The van der Waals surface area contributed by atoms with E-state index in [0.29, 0.717) is 11.5 Å². The van der Waals surface area contributed by atoms with Crippen LogP contribution in [0.1, 0.15) is 54.6 Å². The molecule has 2 aromatic heterocycles. The van der Waals surface area contributed by atoms with E-state index in [1.807, 2.05) is 11.0 Å². The highest BCUT2D eigenvalue weighted by atomic mass is 16.2. The summed E-state index contributed by atoms with van der Waals surface area (Å²) in [6.45, 7) is 3.00. The predicted octanol–water partition coefficient (Wildman–Crippen LogP) is 3.31. The predicted molar refractivity (Wildman–Crippen MR) is 98.9 cm³/mol. The molecule has 3 heterocycles. The lowest BCUT2D eigenvalue weighted by Gasteiger charge is -2.34. The summed E-state index contributed by atoms with van der Waals surface area (Å²) >= 11 is 0. The molecule has 1 amide bonds. The van der Waals surface area contributed by atoms with Crippen LogP contribution in [0.15, 0.2) is 48.9 Å². The van der Waals surface area contributed by atoms with E-state index in [0.717, 1.165) is 32.2 Å². The van der Waals surface area contributed by atoms with Crippen molar-refractivity contribution in [3.05, 3.63) is 60.2 Å². The molecule has 6 nitrogen and oxygen atoms in total. The molecule has 4 rings (SSSR count). The second kappa shape index (κ2) is 7.23. The fourth-order valence-corrected chi connectivity index (χ4v) is 3.93. The van der Waals surface area contributed by atoms with Gasteiger partial charge in [0.25, 0.3) is 11.7 Å². The van der Waals surface area contributed by atoms with Gasteiger partial charge in [-0.15, -0.1) is 0 Å². The molecule has 0 spiro atoms. The molecule has 0 saturated carbocycles. The van der Waals surface area contributed by atoms with E-state index in [9.17, 15) is 4.79 Å². The minimum absolute atomic E-state index is 0.0116. The Bertz CT molecular complexity index is 891. The van der Waals surface area contributed by atoms with Crippen LogP contribution in [0.3, 0.4) is 0 Å². The summed E-state index contributed by atoms with van der Waals surface area (Å²) in [6, 6.07) is 12.4. The summed E-state index contributed by atoms with van der Waals surface area (Å²) in [5.74, 6) is 0.752. The Morgan fingerprint density at radius 1 is 1.12 bits per heavy atom. The van der Waals surface area contributed by atoms with Crippen LogP contribution in [0.4, 0.5) is 0 Å². The molecule has 1 aromatic carbocycles. The van der Waals surface area contributed by atoms with Gasteiger partial charge in [0, 0.05) is 24.7 Å². The lowest BCUT2D eigenvalue weighted by Crippen LogP contribution is -2.43. The maximum absolute atomic E-state index is 13.4. The summed E-state index contributed by atoms with van der Waals surface area (Å²) in [5, 5.41) is 4.18. The van der Waals surface area contributed by atoms with Gasteiger partial charge in [-0.05, 0) is 24.5 Å². The van der Waals surface area contributed by atoms with Crippen LogP contribution < -0.4 is 0 Å². The lowest BCUT2D eigenvalue weighted by atomic mass is 9.89. The van der Waals surface area contributed by atoms with Crippen molar-refractivity contribution >= 4 is 11.7 Å². The van der Waals surface area contributed by atoms with Crippen LogP contribution in [-0.2, 0) is 0 Å². The zero-order valence-corrected chi connectivity index (χ0v) is 15.0. The van der Waals surface area contributed by atoms with Gasteiger partial charge in [0.2, 0.25) is 0 Å². The van der Waals surface area contributed by atoms with Gasteiger partial charge in [-0.2, -0.15) is 14.6 Å². The first-order chi connectivity index (χ1) is 12.8. The van der Waals surface area contributed by atoms with Crippen molar-refractivity contribution < 1.29 is 4.79 Å². The van der Waals surface area contributed by atoms with Gasteiger partial charge >= 0.3 is 0 Å². The number of carbonyl (C=O) groups excluding carboxylic acids is 1. The van der Waals surface area contributed by atoms with Crippen LogP contribution in [0, 0.1) is 0 Å². The Balaban J connectivity index is 1.69. The van der Waals surface area contributed by atoms with E-state index in [1.54, 1.807) is 12.3 Å². The number of hydrogen-bond donors (Lipinski definition) is 0. The molecule has 2 atom stereocenters. The van der Waals surface area contributed by atoms with E-state index >= 15 is 0 Å². The first-order valence-electron chi connectivity index (χ1n) is 9.26. The summed E-state index contributed by atoms with van der Waals surface area (Å²) in [6.07, 6.45) is 7.44. The number of nitrogens with zero attached hydrogens (tertiary/aromatic N) is 5. The van der Waals surface area contributed by atoms with Crippen molar-refractivity contribution in [2.45, 2.75) is 44.6 Å². The quantitative estimate of drug-likeness (QED) is 0.728. The fraction of sp³-hybridized carbons (Fsp3) is 0.400. The molecule has 134 valence electrons. The average molecular weight is 349 g/mol. The molecule has 1 fully saturated rings. The van der Waals surface area contributed by atoms with Crippen LogP contribution in [0.2, 0.25) is 0 Å². The lowest BCUT2D eigenvalue weighted by molar-refractivity contribution is 0.0649. The normalized spacial score (nSPS) is 19.3. The number of fused-ring (bicyclic) bond motifs is 1. The molecule has 3 aromatic rings. The zero-order chi connectivity index (χ0) is 17.9. The molecule has 0 radical (unpaired) electrons. The molecule has 6 heteroatoms. The van der Waals surface area contributed by atoms with Crippen molar-refractivity contribution in [1.29, 1.82) is 0 Å². The molecule has 26 heavy (non-hydrogen) atoms. The van der Waals surface area contributed by atoms with Gasteiger partial charge in [0.05, 0.1) is 0 Å². The standard InChI is InChI=1S/C20H23N5O/c1-15(16-8-4-2-5-9-16)17-10-6-3-7-13-24(17)19(26)18-11-12-21-20-22-14-23-25(18)20/h2,4-5,8-9,11-12,14-15,17H,3,6-7,10,13H2,1H3. The maximum Gasteiger partial charge on any atom is 0.272 e. The van der Waals surface area contributed by atoms with Gasteiger partial charge in [-0.1, -0.05) is 50.1 Å². The molecule has 0 aliphatic carbocycles. The second-order valence-corrected chi connectivity index (χ2v) is 6.92. The topological polar surface area (TPSA) is 63.4 Å². The Morgan fingerprint density at radius 3 is 2.81 bits per heavy atom. The number of amides is 1. The molecular weight excluding hydrogens is 326 g/mol. The van der Waals surface area contributed by atoms with Crippen LogP contribution in [0.5, 0.6) is 0 Å². The maximum atomic E-state index is 13.4. The highest BCUT2D eigenvalue weighted by Crippen LogP contribution is 2.30. The molecule has 0 N–H and O–H groups in total. The SMILES string of the molecule is CC(c1ccccc1)C1CCCCCN1C(=O)c1ccnc2ncnn12. The van der Waals surface area contributed by atoms with E-state index < -0.39 is 0 Å². The Morgan fingerprint density at radius 2 is 1.96 bits per heavy atom. The molecular formula is C20H23N5O. The number of carbonyl (C=O) groups is 1. The second-order valence-electron chi connectivity index (χ2n) is 6.92. The van der Waals surface area contributed by atoms with E-state index in [2.05, 4.69) is 46.3 Å². The highest BCUT2D eigenvalue weighted by Gasteiger charge is 2.32. The third-order valence-electron chi connectivity index (χ3n) is 5.36. The molecule has 1 saturated heterocycles. The minimum Gasteiger partial charge on any atom is -0.334 e. The minimum atomic E-state index is 0.0116. The summed E-state index contributed by atoms with van der Waals surface area (Å²) in [7, 11) is 0. The summed E-state index contributed by atoms with van der Waals surface area (Å²) in [4.78, 5) is 23.7. The molecule has 0 bridgehead atoms. The van der Waals surface area contributed by atoms with Crippen molar-refractivity contribution in [2.24, 2.45) is 0 Å². The van der Waals surface area contributed by atoms with Crippen LogP contribution in [-0.4, -0.2) is 43.0 Å². The molecule has 1 aliphatic rings. The van der Waals surface area contributed by atoms with E-state index in [4.69, 9.17) is 0 Å². The van der Waals surface area contributed by atoms with Gasteiger partial charge in [-0.3, -0.25) is 4.79 Å². The van der Waals surface area contributed by atoms with E-state index in [-0.39, 0.29) is 17.9 Å². The molecule has 1 aliphatic heterocycles. The monoisotopic (exact) mass is 349 g/mol. The number of aromatic nitrogens is 4. The fourth-order valence-electron chi connectivity index (χ4n) is 3.93. The Kier molecular flexibility index (Phi) is 4.65. The van der Waals surface area contributed by atoms with Crippen molar-refractivity contribution in [1.82, 2.24) is 24.5 Å². The highest BCUT2D eigenvalue weighted by molar-refractivity contribution is 5.93. The summed E-state index contributed by atoms with van der Waals surface area (Å²) in [5.41, 5.74) is 1.80. The third kappa shape index (κ3) is 3.07. The van der Waals surface area contributed by atoms with Crippen molar-refractivity contribution in [3.63, 3.8) is 0 Å². The number of benzene rings is 1. The average Bonchev–Trinajstić information content (AvgIpc) is 3.04. The third-order valence-corrected chi connectivity index (χ3v) is 5.36. The van der Waals surface area contributed by atoms with Gasteiger partial charge in [0.1, 0.15) is 12.0 Å². The first-order valence-corrected chi connectivity index (χ1v) is 9.26. The zero-order valence-electron chi connectivity index (χ0n) is 15.0. The van der Waals surface area contributed by atoms with Gasteiger partial charge in [-0.25, -0.2) is 4.98 Å². The first kappa shape index (κ1) is 16.7. The number of likely N-dealkylation sites (tertiary alicyclic amines) is 1. The number of rotatable bonds is 3. The van der Waals surface area contributed by atoms with Crippen LogP contribution in [0.25, 0.3) is 5.78 Å². The van der Waals surface area contributed by atoms with Crippen molar-refractivity contribution in [3.8, 4) is 0 Å². The smallest absolute Gasteiger partial charge is 0.272 e. The Hall–Kier alpha value is -2.76. The van der Waals surface area contributed by atoms with Crippen molar-refractivity contribution in [2.75, 3.05) is 6.54 Å². The Labute approximate surface area is 152 Å². The van der Waals surface area contributed by atoms with Gasteiger partial charge < -0.3 is 4.90 Å². The van der Waals surface area contributed by atoms with Crippen LogP contribution >= 0.6 is 0 Å². The largest absolute Gasteiger partial charge is 0.334 e. The summed E-state index contributed by atoms with van der Waals surface area (Å²) < 4.78 is 1.54. The van der Waals surface area contributed by atoms with Gasteiger partial charge in [0.15, 0.2) is 0 Å². The molecule has 2 unspecified atom stereocenters. The number of hydrogen-bond acceptors (Lipinski definition) is 4.